The maximum Gasteiger partial charge on any atom is 0.416 e. The monoisotopic (exact) mass is 502 g/mol. The van der Waals surface area contributed by atoms with Gasteiger partial charge < -0.3 is 20.1 Å². The second-order valence-electron chi connectivity index (χ2n) is 10.2. The Morgan fingerprint density at radius 1 is 1.11 bits per heavy atom. The van der Waals surface area contributed by atoms with Crippen molar-refractivity contribution in [1.29, 1.82) is 0 Å². The molecule has 8 nitrogen and oxygen atoms in total. The fourth-order valence-electron chi connectivity index (χ4n) is 3.79. The number of carbonyl (C=O) groups is 2. The van der Waals surface area contributed by atoms with Crippen LogP contribution in [0.15, 0.2) is 24.3 Å². The van der Waals surface area contributed by atoms with E-state index in [-0.39, 0.29) is 12.3 Å². The van der Waals surface area contributed by atoms with E-state index in [4.69, 9.17) is 4.74 Å². The average molecular weight is 503 g/mol. The van der Waals surface area contributed by atoms with Crippen molar-refractivity contribution in [2.75, 3.05) is 31.1 Å². The number of piperazine rings is 1. The Kier molecular flexibility index (Phi) is 9.79. The molecule has 2 atom stereocenters. The van der Waals surface area contributed by atoms with E-state index < -0.39 is 41.5 Å². The van der Waals surface area contributed by atoms with Crippen molar-refractivity contribution in [2.24, 2.45) is 5.92 Å². The largest absolute Gasteiger partial charge is 0.444 e. The minimum Gasteiger partial charge on any atom is -0.444 e. The third-order valence-corrected chi connectivity index (χ3v) is 5.39. The van der Waals surface area contributed by atoms with Gasteiger partial charge in [0.25, 0.3) is 0 Å². The van der Waals surface area contributed by atoms with Gasteiger partial charge in [0.05, 0.1) is 24.1 Å². The first-order valence-corrected chi connectivity index (χ1v) is 11.8. The molecule has 1 fully saturated rings. The van der Waals surface area contributed by atoms with Crippen LogP contribution in [0.4, 0.5) is 23.7 Å². The highest BCUT2D eigenvalue weighted by molar-refractivity contribution is 5.76. The molecule has 0 radical (unpaired) electrons. The standard InChI is InChI=1S/C24H37F3N4O4/c1-16(2)13-19(28-22(34)35-23(3,4)5)20(32)15-21(33)29-31-11-9-30(10-12-31)18-8-6-7-17(14-18)24(25,26)27/h6-8,14,16,19-20,32H,9-13,15H2,1-5H3,(H,28,34)(H,29,33). The van der Waals surface area contributed by atoms with Crippen LogP contribution in [0.25, 0.3) is 0 Å². The van der Waals surface area contributed by atoms with Gasteiger partial charge >= 0.3 is 12.3 Å². The van der Waals surface area contributed by atoms with Gasteiger partial charge in [0.15, 0.2) is 0 Å². The van der Waals surface area contributed by atoms with Crippen LogP contribution in [-0.2, 0) is 15.7 Å². The van der Waals surface area contributed by atoms with Gasteiger partial charge in [-0.2, -0.15) is 13.2 Å². The Bertz CT molecular complexity index is 850. The smallest absolute Gasteiger partial charge is 0.416 e. The predicted molar refractivity (Wildman–Crippen MR) is 127 cm³/mol. The molecule has 2 amide bonds. The summed E-state index contributed by atoms with van der Waals surface area (Å²) in [6.45, 7) is 10.8. The van der Waals surface area contributed by atoms with E-state index in [1.54, 1.807) is 31.8 Å². The summed E-state index contributed by atoms with van der Waals surface area (Å²) in [6, 6.07) is 4.51. The molecule has 0 bridgehead atoms. The highest BCUT2D eigenvalue weighted by Crippen LogP contribution is 2.31. The lowest BCUT2D eigenvalue weighted by atomic mass is 9.97. The van der Waals surface area contributed by atoms with Gasteiger partial charge in [0.2, 0.25) is 5.91 Å². The lowest BCUT2D eigenvalue weighted by Gasteiger charge is -2.36. The minimum absolute atomic E-state index is 0.163. The number of anilines is 1. The van der Waals surface area contributed by atoms with Crippen molar-refractivity contribution in [1.82, 2.24) is 15.8 Å². The molecular formula is C24H37F3N4O4. The molecule has 1 aromatic carbocycles. The van der Waals surface area contributed by atoms with Gasteiger partial charge in [-0.05, 0) is 51.3 Å². The Morgan fingerprint density at radius 2 is 1.74 bits per heavy atom. The number of nitrogens with one attached hydrogen (secondary N) is 2. The maximum atomic E-state index is 13.0. The second-order valence-corrected chi connectivity index (χ2v) is 10.2. The topological polar surface area (TPSA) is 94.1 Å². The van der Waals surface area contributed by atoms with Gasteiger partial charge in [-0.1, -0.05) is 19.9 Å². The van der Waals surface area contributed by atoms with E-state index in [0.29, 0.717) is 38.3 Å². The molecule has 1 aliphatic rings. The Morgan fingerprint density at radius 3 is 2.29 bits per heavy atom. The fraction of sp³-hybridized carbons (Fsp3) is 0.667. The van der Waals surface area contributed by atoms with Gasteiger partial charge in [0, 0.05) is 31.9 Å². The van der Waals surface area contributed by atoms with Crippen LogP contribution in [0.5, 0.6) is 0 Å². The van der Waals surface area contributed by atoms with E-state index in [0.717, 1.165) is 12.1 Å². The summed E-state index contributed by atoms with van der Waals surface area (Å²) in [5, 5.41) is 15.0. The number of aliphatic hydroxyl groups excluding tert-OH is 1. The van der Waals surface area contributed by atoms with E-state index >= 15 is 0 Å². The lowest BCUT2D eigenvalue weighted by molar-refractivity contribution is -0.137. The fourth-order valence-corrected chi connectivity index (χ4v) is 3.79. The molecular weight excluding hydrogens is 465 g/mol. The molecule has 35 heavy (non-hydrogen) atoms. The highest BCUT2D eigenvalue weighted by atomic mass is 19.4. The molecule has 0 aromatic heterocycles. The first kappa shape index (κ1) is 28.7. The molecule has 198 valence electrons. The lowest BCUT2D eigenvalue weighted by Crippen LogP contribution is -2.55. The second kappa shape index (κ2) is 11.9. The number of hydrazine groups is 1. The molecule has 0 aliphatic carbocycles. The van der Waals surface area contributed by atoms with Crippen LogP contribution in [0.3, 0.4) is 0 Å². The molecule has 1 aromatic rings. The summed E-state index contributed by atoms with van der Waals surface area (Å²) in [7, 11) is 0. The first-order chi connectivity index (χ1) is 16.1. The molecule has 11 heteroatoms. The summed E-state index contributed by atoms with van der Waals surface area (Å²) in [5.41, 5.74) is 1.83. The number of benzene rings is 1. The van der Waals surface area contributed by atoms with Crippen LogP contribution in [0.1, 0.15) is 53.0 Å². The Balaban J connectivity index is 1.87. The number of ether oxygens (including phenoxy) is 1. The van der Waals surface area contributed by atoms with Crippen LogP contribution in [0.2, 0.25) is 0 Å². The molecule has 2 unspecified atom stereocenters. The first-order valence-electron chi connectivity index (χ1n) is 11.8. The number of aliphatic hydroxyl groups is 1. The van der Waals surface area contributed by atoms with E-state index in [1.807, 2.05) is 18.7 Å². The number of halogens is 3. The number of alkyl carbamates (subject to hydrolysis) is 1. The molecule has 1 heterocycles. The summed E-state index contributed by atoms with van der Waals surface area (Å²) in [5.74, 6) is -0.249. The summed E-state index contributed by atoms with van der Waals surface area (Å²) in [4.78, 5) is 26.5. The van der Waals surface area contributed by atoms with Crippen molar-refractivity contribution in [3.8, 4) is 0 Å². The van der Waals surface area contributed by atoms with Gasteiger partial charge in [-0.3, -0.25) is 10.2 Å². The summed E-state index contributed by atoms with van der Waals surface area (Å²) >= 11 is 0. The number of amides is 2. The molecule has 0 saturated carbocycles. The average Bonchev–Trinajstić information content (AvgIpc) is 2.71. The molecule has 2 rings (SSSR count). The van der Waals surface area contributed by atoms with E-state index in [9.17, 15) is 27.9 Å². The molecule has 0 spiro atoms. The third kappa shape index (κ3) is 9.93. The number of alkyl halides is 3. The molecule has 1 saturated heterocycles. The van der Waals surface area contributed by atoms with Crippen LogP contribution in [-0.4, -0.2) is 66.0 Å². The third-order valence-electron chi connectivity index (χ3n) is 5.39. The van der Waals surface area contributed by atoms with E-state index in [1.165, 1.54) is 6.07 Å². The maximum absolute atomic E-state index is 13.0. The number of hydrogen-bond donors (Lipinski definition) is 3. The summed E-state index contributed by atoms with van der Waals surface area (Å²) in [6.07, 6.45) is -5.94. The highest BCUT2D eigenvalue weighted by Gasteiger charge is 2.31. The Labute approximate surface area is 204 Å². The van der Waals surface area contributed by atoms with Crippen LogP contribution in [0, 0.1) is 5.92 Å². The minimum atomic E-state index is -4.40. The quantitative estimate of drug-likeness (QED) is 0.504. The van der Waals surface area contributed by atoms with Gasteiger partial charge in [-0.15, -0.1) is 0 Å². The number of rotatable bonds is 8. The molecule has 1 aliphatic heterocycles. The number of nitrogens with zero attached hydrogens (tertiary/aromatic N) is 2. The van der Waals surface area contributed by atoms with Gasteiger partial charge in [0.1, 0.15) is 5.60 Å². The van der Waals surface area contributed by atoms with Crippen LogP contribution < -0.4 is 15.6 Å². The Hall–Kier alpha value is -2.53. The number of carbonyl (C=O) groups excluding carboxylic acids is 2. The van der Waals surface area contributed by atoms with Gasteiger partial charge in [-0.25, -0.2) is 9.80 Å². The van der Waals surface area contributed by atoms with Crippen molar-refractivity contribution in [3.05, 3.63) is 29.8 Å². The number of hydrogen-bond acceptors (Lipinski definition) is 6. The van der Waals surface area contributed by atoms with Crippen LogP contribution >= 0.6 is 0 Å². The zero-order valence-corrected chi connectivity index (χ0v) is 21.0. The van der Waals surface area contributed by atoms with E-state index in [2.05, 4.69) is 10.7 Å². The van der Waals surface area contributed by atoms with Crippen molar-refractivity contribution in [2.45, 2.75) is 71.4 Å². The SMILES string of the molecule is CC(C)CC(NC(=O)OC(C)(C)C)C(O)CC(=O)NN1CCN(c2cccc(C(F)(F)F)c2)CC1. The summed E-state index contributed by atoms with van der Waals surface area (Å²) < 4.78 is 44.2. The van der Waals surface area contributed by atoms with Crippen molar-refractivity contribution in [3.63, 3.8) is 0 Å². The zero-order chi connectivity index (χ0) is 26.4. The predicted octanol–water partition coefficient (Wildman–Crippen LogP) is 3.55. The zero-order valence-electron chi connectivity index (χ0n) is 21.0. The van der Waals surface area contributed by atoms with Crippen molar-refractivity contribution >= 4 is 17.7 Å². The molecule has 3 N–H and O–H groups in total. The van der Waals surface area contributed by atoms with Crippen molar-refractivity contribution < 1.29 is 32.6 Å². The normalized spacial score (nSPS) is 17.1.